The Bertz CT molecular complexity index is 676. The SMILES string of the molecule is CC(C)(C)c1ccc(CNC2CCN(C(=O)c3ccco3)CC2)cc1. The van der Waals surface area contributed by atoms with E-state index in [-0.39, 0.29) is 11.3 Å². The first kappa shape index (κ1) is 17.7. The van der Waals surface area contributed by atoms with Crippen molar-refractivity contribution in [2.75, 3.05) is 13.1 Å². The Morgan fingerprint density at radius 2 is 1.84 bits per heavy atom. The highest BCUT2D eigenvalue weighted by Gasteiger charge is 2.24. The molecule has 134 valence electrons. The van der Waals surface area contributed by atoms with Crippen LogP contribution in [0.5, 0.6) is 0 Å². The molecule has 0 unspecified atom stereocenters. The van der Waals surface area contributed by atoms with Gasteiger partial charge in [-0.15, -0.1) is 0 Å². The Morgan fingerprint density at radius 3 is 2.40 bits per heavy atom. The van der Waals surface area contributed by atoms with Crippen molar-refractivity contribution in [3.05, 3.63) is 59.5 Å². The van der Waals surface area contributed by atoms with Crippen LogP contribution in [0.4, 0.5) is 0 Å². The molecule has 0 aliphatic carbocycles. The molecule has 0 spiro atoms. The van der Waals surface area contributed by atoms with Crippen LogP contribution < -0.4 is 5.32 Å². The lowest BCUT2D eigenvalue weighted by molar-refractivity contribution is 0.0672. The van der Waals surface area contributed by atoms with E-state index in [4.69, 9.17) is 4.42 Å². The van der Waals surface area contributed by atoms with Crippen LogP contribution in [0.25, 0.3) is 0 Å². The molecule has 1 aromatic carbocycles. The molecule has 1 aromatic heterocycles. The van der Waals surface area contributed by atoms with E-state index in [0.717, 1.165) is 32.5 Å². The number of furan rings is 1. The molecule has 4 heteroatoms. The summed E-state index contributed by atoms with van der Waals surface area (Å²) in [4.78, 5) is 14.2. The summed E-state index contributed by atoms with van der Waals surface area (Å²) in [6, 6.07) is 12.8. The zero-order valence-corrected chi connectivity index (χ0v) is 15.4. The van der Waals surface area contributed by atoms with Crippen LogP contribution in [0, 0.1) is 0 Å². The number of rotatable bonds is 4. The van der Waals surface area contributed by atoms with Gasteiger partial charge >= 0.3 is 0 Å². The van der Waals surface area contributed by atoms with Gasteiger partial charge in [-0.1, -0.05) is 45.0 Å². The zero-order chi connectivity index (χ0) is 17.9. The molecular weight excluding hydrogens is 312 g/mol. The molecule has 2 aromatic rings. The second-order valence-electron chi connectivity index (χ2n) is 7.87. The summed E-state index contributed by atoms with van der Waals surface area (Å²) < 4.78 is 5.21. The maximum absolute atomic E-state index is 12.3. The van der Waals surface area contributed by atoms with E-state index in [9.17, 15) is 4.79 Å². The number of hydrogen-bond acceptors (Lipinski definition) is 3. The van der Waals surface area contributed by atoms with Gasteiger partial charge in [0.2, 0.25) is 0 Å². The maximum Gasteiger partial charge on any atom is 0.289 e. The molecule has 0 bridgehead atoms. The first-order chi connectivity index (χ1) is 11.9. The van der Waals surface area contributed by atoms with Gasteiger partial charge < -0.3 is 14.6 Å². The van der Waals surface area contributed by atoms with Crippen LogP contribution in [0.2, 0.25) is 0 Å². The third-order valence-corrected chi connectivity index (χ3v) is 4.93. The zero-order valence-electron chi connectivity index (χ0n) is 15.4. The molecule has 0 saturated carbocycles. The largest absolute Gasteiger partial charge is 0.459 e. The van der Waals surface area contributed by atoms with E-state index < -0.39 is 0 Å². The van der Waals surface area contributed by atoms with Crippen molar-refractivity contribution in [2.24, 2.45) is 0 Å². The Morgan fingerprint density at radius 1 is 1.16 bits per heavy atom. The molecule has 1 aliphatic rings. The quantitative estimate of drug-likeness (QED) is 0.916. The van der Waals surface area contributed by atoms with Gasteiger partial charge in [0.1, 0.15) is 0 Å². The molecule has 1 fully saturated rings. The van der Waals surface area contributed by atoms with Crippen molar-refractivity contribution >= 4 is 5.91 Å². The third kappa shape index (κ3) is 4.51. The standard InChI is InChI=1S/C21H28N2O2/c1-21(2,3)17-8-6-16(7-9-17)15-22-18-10-12-23(13-11-18)20(24)19-5-4-14-25-19/h4-9,14,18,22H,10-13,15H2,1-3H3. The number of likely N-dealkylation sites (tertiary alicyclic amines) is 1. The minimum Gasteiger partial charge on any atom is -0.459 e. The fourth-order valence-electron chi connectivity index (χ4n) is 3.23. The van der Waals surface area contributed by atoms with Crippen LogP contribution >= 0.6 is 0 Å². The summed E-state index contributed by atoms with van der Waals surface area (Å²) in [5.41, 5.74) is 2.86. The number of amides is 1. The fraction of sp³-hybridized carbons (Fsp3) is 0.476. The molecule has 1 amide bonds. The van der Waals surface area contributed by atoms with Crippen LogP contribution in [-0.4, -0.2) is 29.9 Å². The minimum absolute atomic E-state index is 0.00113. The average Bonchev–Trinajstić information content (AvgIpc) is 3.14. The van der Waals surface area contributed by atoms with Gasteiger partial charge in [-0.2, -0.15) is 0 Å². The van der Waals surface area contributed by atoms with Crippen LogP contribution in [0.3, 0.4) is 0 Å². The number of nitrogens with one attached hydrogen (secondary N) is 1. The molecule has 0 atom stereocenters. The highest BCUT2D eigenvalue weighted by atomic mass is 16.3. The van der Waals surface area contributed by atoms with Crippen LogP contribution in [0.1, 0.15) is 55.3 Å². The van der Waals surface area contributed by atoms with E-state index in [2.05, 4.69) is 50.4 Å². The normalized spacial score (nSPS) is 16.2. The van der Waals surface area contributed by atoms with Crippen molar-refractivity contribution in [1.29, 1.82) is 0 Å². The first-order valence-electron chi connectivity index (χ1n) is 9.09. The van der Waals surface area contributed by atoms with E-state index in [1.165, 1.54) is 11.1 Å². The minimum atomic E-state index is 0.00113. The first-order valence-corrected chi connectivity index (χ1v) is 9.09. The number of hydrogen-bond donors (Lipinski definition) is 1. The number of piperidine rings is 1. The molecule has 4 nitrogen and oxygen atoms in total. The second kappa shape index (κ2) is 7.44. The molecule has 25 heavy (non-hydrogen) atoms. The van der Waals surface area contributed by atoms with E-state index in [0.29, 0.717) is 11.8 Å². The van der Waals surface area contributed by atoms with Crippen molar-refractivity contribution in [2.45, 2.75) is 51.6 Å². The van der Waals surface area contributed by atoms with Gasteiger partial charge in [0.05, 0.1) is 6.26 Å². The monoisotopic (exact) mass is 340 g/mol. The van der Waals surface area contributed by atoms with Gasteiger partial charge in [0.15, 0.2) is 5.76 Å². The highest BCUT2D eigenvalue weighted by Crippen LogP contribution is 2.22. The highest BCUT2D eigenvalue weighted by molar-refractivity contribution is 5.91. The summed E-state index contributed by atoms with van der Waals surface area (Å²) in [5, 5.41) is 3.63. The number of benzene rings is 1. The smallest absolute Gasteiger partial charge is 0.289 e. The summed E-state index contributed by atoms with van der Waals surface area (Å²) in [6.07, 6.45) is 3.51. The van der Waals surface area contributed by atoms with Crippen molar-refractivity contribution in [3.8, 4) is 0 Å². The lowest BCUT2D eigenvalue weighted by Crippen LogP contribution is -2.44. The molecule has 2 heterocycles. The van der Waals surface area contributed by atoms with Crippen molar-refractivity contribution in [3.63, 3.8) is 0 Å². The summed E-state index contributed by atoms with van der Waals surface area (Å²) in [7, 11) is 0. The second-order valence-corrected chi connectivity index (χ2v) is 7.87. The van der Waals surface area contributed by atoms with Gasteiger partial charge in [-0.05, 0) is 41.5 Å². The Labute approximate surface area is 150 Å². The van der Waals surface area contributed by atoms with E-state index in [1.54, 1.807) is 18.4 Å². The fourth-order valence-corrected chi connectivity index (χ4v) is 3.23. The van der Waals surface area contributed by atoms with Gasteiger partial charge in [0.25, 0.3) is 5.91 Å². The molecule has 3 rings (SSSR count). The van der Waals surface area contributed by atoms with Crippen LogP contribution in [-0.2, 0) is 12.0 Å². The van der Waals surface area contributed by atoms with Gasteiger partial charge in [0, 0.05) is 25.7 Å². The average molecular weight is 340 g/mol. The van der Waals surface area contributed by atoms with Crippen molar-refractivity contribution in [1.82, 2.24) is 10.2 Å². The predicted octanol–water partition coefficient (Wildman–Crippen LogP) is 3.97. The summed E-state index contributed by atoms with van der Waals surface area (Å²) in [6.45, 7) is 9.13. The Balaban J connectivity index is 1.46. The molecule has 1 saturated heterocycles. The number of carbonyl (C=O) groups excluding carboxylic acids is 1. The lowest BCUT2D eigenvalue weighted by atomic mass is 9.87. The number of carbonyl (C=O) groups is 1. The van der Waals surface area contributed by atoms with Gasteiger partial charge in [-0.3, -0.25) is 4.79 Å². The third-order valence-electron chi connectivity index (χ3n) is 4.93. The molecule has 0 radical (unpaired) electrons. The van der Waals surface area contributed by atoms with Gasteiger partial charge in [-0.25, -0.2) is 0 Å². The predicted molar refractivity (Wildman–Crippen MR) is 99.6 cm³/mol. The van der Waals surface area contributed by atoms with E-state index >= 15 is 0 Å². The lowest BCUT2D eigenvalue weighted by Gasteiger charge is -2.32. The number of nitrogens with zero attached hydrogens (tertiary/aromatic N) is 1. The topological polar surface area (TPSA) is 45.5 Å². The van der Waals surface area contributed by atoms with Crippen molar-refractivity contribution < 1.29 is 9.21 Å². The van der Waals surface area contributed by atoms with Crippen LogP contribution in [0.15, 0.2) is 47.1 Å². The summed E-state index contributed by atoms with van der Waals surface area (Å²) >= 11 is 0. The van der Waals surface area contributed by atoms with E-state index in [1.807, 2.05) is 4.90 Å². The summed E-state index contributed by atoms with van der Waals surface area (Å²) in [5.74, 6) is 0.437. The Kier molecular flexibility index (Phi) is 5.28. The molecule has 1 aliphatic heterocycles. The Hall–Kier alpha value is -2.07. The molecule has 1 N–H and O–H groups in total. The molecular formula is C21H28N2O2. The maximum atomic E-state index is 12.3.